The molecule has 0 atom stereocenters. The molecule has 0 saturated heterocycles. The lowest BCUT2D eigenvalue weighted by atomic mass is 9.77. The number of hydrogen-bond donors (Lipinski definition) is 2. The van der Waals surface area contributed by atoms with Crippen LogP contribution >= 0.6 is 0 Å². The summed E-state index contributed by atoms with van der Waals surface area (Å²) in [5.74, 6) is -0.423. The zero-order valence-electron chi connectivity index (χ0n) is 11.5. The zero-order valence-corrected chi connectivity index (χ0v) is 11.5. The molecule has 6 heteroatoms. The number of amides is 2. The smallest absolute Gasteiger partial charge is 0.329 e. The molecule has 0 heterocycles. The number of para-hydroxylation sites is 2. The van der Waals surface area contributed by atoms with Gasteiger partial charge in [-0.05, 0) is 31.4 Å². The predicted molar refractivity (Wildman–Crippen MR) is 74.1 cm³/mol. The second kappa shape index (κ2) is 5.40. The lowest BCUT2D eigenvalue weighted by Crippen LogP contribution is -2.61. The largest absolute Gasteiger partial charge is 0.495 e. The molecule has 108 valence electrons. The highest BCUT2D eigenvalue weighted by molar-refractivity contribution is 5.96. The first-order chi connectivity index (χ1) is 9.50. The van der Waals surface area contributed by atoms with Crippen molar-refractivity contribution in [3.8, 4) is 5.75 Å². The molecule has 1 aliphatic carbocycles. The van der Waals surface area contributed by atoms with Gasteiger partial charge in [-0.1, -0.05) is 12.1 Å². The molecule has 2 amide bonds. The Morgan fingerprint density at radius 1 is 1.35 bits per heavy atom. The van der Waals surface area contributed by atoms with Gasteiger partial charge in [0.05, 0.1) is 12.8 Å². The van der Waals surface area contributed by atoms with E-state index in [-0.39, 0.29) is 0 Å². The van der Waals surface area contributed by atoms with Crippen molar-refractivity contribution in [3.63, 3.8) is 0 Å². The van der Waals surface area contributed by atoms with E-state index in [1.54, 1.807) is 31.3 Å². The van der Waals surface area contributed by atoms with Crippen molar-refractivity contribution in [2.45, 2.75) is 24.8 Å². The third-order valence-electron chi connectivity index (χ3n) is 3.71. The number of carbonyl (C=O) groups is 2. The maximum Gasteiger partial charge on any atom is 0.329 e. The monoisotopic (exact) mass is 278 g/mol. The van der Waals surface area contributed by atoms with Crippen LogP contribution in [-0.2, 0) is 4.79 Å². The van der Waals surface area contributed by atoms with Crippen molar-refractivity contribution in [2.75, 3.05) is 19.1 Å². The second-order valence-corrected chi connectivity index (χ2v) is 4.90. The maximum absolute atomic E-state index is 12.2. The summed E-state index contributed by atoms with van der Waals surface area (Å²) in [6.45, 7) is 0. The Hall–Kier alpha value is -2.24. The summed E-state index contributed by atoms with van der Waals surface area (Å²) in [5, 5.41) is 11.8. The normalized spacial score (nSPS) is 15.9. The minimum absolute atomic E-state index is 0.448. The minimum atomic E-state index is -1.12. The molecule has 6 nitrogen and oxygen atoms in total. The van der Waals surface area contributed by atoms with E-state index in [1.807, 2.05) is 0 Å². The lowest BCUT2D eigenvalue weighted by Gasteiger charge is -2.39. The average molecular weight is 278 g/mol. The maximum atomic E-state index is 12.2. The highest BCUT2D eigenvalue weighted by Crippen LogP contribution is 2.33. The number of benzene rings is 1. The molecule has 2 rings (SSSR count). The molecule has 1 saturated carbocycles. The third-order valence-corrected chi connectivity index (χ3v) is 3.71. The standard InChI is InChI=1S/C14H18N2O4/c1-16(10-6-3-4-7-11(10)20-2)13(19)15-14(12(17)18)8-5-9-14/h3-4,6-7H,5,8-9H2,1-2H3,(H,15,19)(H,17,18). The molecule has 1 fully saturated rings. The van der Waals surface area contributed by atoms with Gasteiger partial charge < -0.3 is 15.2 Å². The van der Waals surface area contributed by atoms with Crippen molar-refractivity contribution < 1.29 is 19.4 Å². The van der Waals surface area contributed by atoms with Crippen molar-refractivity contribution in [1.82, 2.24) is 5.32 Å². The number of carboxylic acids is 1. The molecule has 0 spiro atoms. The molecule has 2 N–H and O–H groups in total. The number of methoxy groups -OCH3 is 1. The third kappa shape index (κ3) is 2.41. The van der Waals surface area contributed by atoms with Crippen LogP contribution in [0.4, 0.5) is 10.5 Å². The van der Waals surface area contributed by atoms with Crippen LogP contribution in [0.2, 0.25) is 0 Å². The molecule has 0 unspecified atom stereocenters. The van der Waals surface area contributed by atoms with Crippen LogP contribution in [0.15, 0.2) is 24.3 Å². The highest BCUT2D eigenvalue weighted by atomic mass is 16.5. The summed E-state index contributed by atoms with van der Waals surface area (Å²) in [4.78, 5) is 24.8. The van der Waals surface area contributed by atoms with E-state index in [2.05, 4.69) is 5.32 Å². The number of carbonyl (C=O) groups excluding carboxylic acids is 1. The molecule has 1 aromatic carbocycles. The van der Waals surface area contributed by atoms with Crippen LogP contribution in [0.5, 0.6) is 5.75 Å². The topological polar surface area (TPSA) is 78.9 Å². The number of ether oxygens (including phenoxy) is 1. The molecule has 1 aromatic rings. The summed E-state index contributed by atoms with van der Waals surface area (Å²) in [6.07, 6.45) is 1.74. The number of aliphatic carboxylic acids is 1. The van der Waals surface area contributed by atoms with Crippen LogP contribution in [0.3, 0.4) is 0 Å². The van der Waals surface area contributed by atoms with Gasteiger partial charge in [0.15, 0.2) is 0 Å². The van der Waals surface area contributed by atoms with Crippen molar-refractivity contribution in [1.29, 1.82) is 0 Å². The average Bonchev–Trinajstić information content (AvgIpc) is 2.41. The first kappa shape index (κ1) is 14.2. The Morgan fingerprint density at radius 3 is 2.50 bits per heavy atom. The van der Waals surface area contributed by atoms with Crippen LogP contribution in [-0.4, -0.2) is 36.8 Å². The minimum Gasteiger partial charge on any atom is -0.495 e. The first-order valence-electron chi connectivity index (χ1n) is 6.42. The molecule has 0 bridgehead atoms. The number of nitrogens with zero attached hydrogens (tertiary/aromatic N) is 1. The lowest BCUT2D eigenvalue weighted by molar-refractivity contribution is -0.148. The van der Waals surface area contributed by atoms with E-state index >= 15 is 0 Å². The number of hydrogen-bond acceptors (Lipinski definition) is 3. The fraction of sp³-hybridized carbons (Fsp3) is 0.429. The fourth-order valence-corrected chi connectivity index (χ4v) is 2.23. The van der Waals surface area contributed by atoms with Gasteiger partial charge in [-0.25, -0.2) is 9.59 Å². The van der Waals surface area contributed by atoms with Crippen LogP contribution in [0.1, 0.15) is 19.3 Å². The summed E-state index contributed by atoms with van der Waals surface area (Å²) >= 11 is 0. The fourth-order valence-electron chi connectivity index (χ4n) is 2.23. The molecule has 0 aliphatic heterocycles. The molecule has 1 aliphatic rings. The Morgan fingerprint density at radius 2 is 2.00 bits per heavy atom. The number of anilines is 1. The van der Waals surface area contributed by atoms with Crippen LogP contribution < -0.4 is 15.0 Å². The van der Waals surface area contributed by atoms with E-state index in [9.17, 15) is 14.7 Å². The molecular weight excluding hydrogens is 260 g/mol. The summed E-state index contributed by atoms with van der Waals surface area (Å²) in [6, 6.07) is 6.63. The van der Waals surface area contributed by atoms with Gasteiger partial charge in [-0.15, -0.1) is 0 Å². The van der Waals surface area contributed by atoms with Gasteiger partial charge in [0.25, 0.3) is 0 Å². The van der Waals surface area contributed by atoms with E-state index in [4.69, 9.17) is 4.74 Å². The van der Waals surface area contributed by atoms with Gasteiger partial charge in [-0.3, -0.25) is 4.90 Å². The van der Waals surface area contributed by atoms with E-state index in [0.29, 0.717) is 24.3 Å². The first-order valence-corrected chi connectivity index (χ1v) is 6.42. The van der Waals surface area contributed by atoms with Gasteiger partial charge >= 0.3 is 12.0 Å². The quantitative estimate of drug-likeness (QED) is 0.881. The number of carboxylic acid groups (broad SMARTS) is 1. The zero-order chi connectivity index (χ0) is 14.8. The Kier molecular flexibility index (Phi) is 3.83. The SMILES string of the molecule is COc1ccccc1N(C)C(=O)NC1(C(=O)O)CCC1. The molecule has 0 radical (unpaired) electrons. The summed E-state index contributed by atoms with van der Waals surface area (Å²) in [7, 11) is 3.11. The number of urea groups is 1. The van der Waals surface area contributed by atoms with Crippen molar-refractivity contribution in [2.24, 2.45) is 0 Å². The van der Waals surface area contributed by atoms with Crippen LogP contribution in [0.25, 0.3) is 0 Å². The second-order valence-electron chi connectivity index (χ2n) is 4.90. The Balaban J connectivity index is 2.15. The van der Waals surface area contributed by atoms with Gasteiger partial charge in [0, 0.05) is 7.05 Å². The van der Waals surface area contributed by atoms with E-state index in [1.165, 1.54) is 12.0 Å². The molecule has 0 aromatic heterocycles. The van der Waals surface area contributed by atoms with Crippen molar-refractivity contribution in [3.05, 3.63) is 24.3 Å². The Bertz CT molecular complexity index is 526. The summed E-state index contributed by atoms with van der Waals surface area (Å²) in [5.41, 5.74) is -0.528. The van der Waals surface area contributed by atoms with Gasteiger partial charge in [0.1, 0.15) is 11.3 Å². The molecular formula is C14H18N2O4. The molecule has 20 heavy (non-hydrogen) atoms. The van der Waals surface area contributed by atoms with E-state index in [0.717, 1.165) is 6.42 Å². The highest BCUT2D eigenvalue weighted by Gasteiger charge is 2.46. The number of rotatable bonds is 4. The van der Waals surface area contributed by atoms with Crippen LogP contribution in [0, 0.1) is 0 Å². The predicted octanol–water partition coefficient (Wildman–Crippen LogP) is 1.85. The van der Waals surface area contributed by atoms with E-state index < -0.39 is 17.5 Å². The summed E-state index contributed by atoms with van der Waals surface area (Å²) < 4.78 is 5.20. The van der Waals surface area contributed by atoms with Gasteiger partial charge in [-0.2, -0.15) is 0 Å². The van der Waals surface area contributed by atoms with Crippen molar-refractivity contribution >= 4 is 17.7 Å². The number of nitrogens with one attached hydrogen (secondary N) is 1. The Labute approximate surface area is 117 Å². The van der Waals surface area contributed by atoms with Gasteiger partial charge in [0.2, 0.25) is 0 Å².